The molecule has 0 atom stereocenters. The van der Waals surface area contributed by atoms with Gasteiger partial charge in [0.05, 0.1) is 22.8 Å². The second-order valence-electron chi connectivity index (χ2n) is 5.20. The molecule has 0 aliphatic rings. The van der Waals surface area contributed by atoms with Crippen molar-refractivity contribution in [2.24, 2.45) is 0 Å². The van der Waals surface area contributed by atoms with Crippen LogP contribution in [0.1, 0.15) is 11.1 Å². The number of aromatic nitrogens is 2. The van der Waals surface area contributed by atoms with Gasteiger partial charge in [-0.25, -0.2) is 13.8 Å². The summed E-state index contributed by atoms with van der Waals surface area (Å²) < 4.78 is 40.6. The van der Waals surface area contributed by atoms with E-state index in [1.165, 1.54) is 19.2 Å². The lowest BCUT2D eigenvalue weighted by Crippen LogP contribution is -2.07. The predicted octanol–water partition coefficient (Wildman–Crippen LogP) is 4.09. The maximum Gasteiger partial charge on any atom is 0.171 e. The molecule has 3 rings (SSSR count). The number of rotatable bonds is 6. The van der Waals surface area contributed by atoms with Crippen LogP contribution < -0.4 is 4.74 Å². The molecule has 0 unspecified atom stereocenters. The van der Waals surface area contributed by atoms with E-state index < -0.39 is 11.6 Å². The third-order valence-electron chi connectivity index (χ3n) is 3.67. The zero-order valence-corrected chi connectivity index (χ0v) is 14.5. The Morgan fingerprint density at radius 1 is 1.21 bits per heavy atom. The van der Waals surface area contributed by atoms with Crippen LogP contribution in [0.15, 0.2) is 36.7 Å². The van der Waals surface area contributed by atoms with Crippen LogP contribution >= 0.6 is 16.1 Å². The molecule has 0 amide bonds. The molecule has 1 aromatic carbocycles. The van der Waals surface area contributed by atoms with Crippen molar-refractivity contribution < 1.29 is 18.3 Å². The van der Waals surface area contributed by atoms with Crippen molar-refractivity contribution in [2.45, 2.75) is 6.42 Å². The molecule has 2 heterocycles. The van der Waals surface area contributed by atoms with Gasteiger partial charge in [-0.3, -0.25) is 3.59 Å². The van der Waals surface area contributed by atoms with Crippen molar-refractivity contribution in [1.29, 1.82) is 0 Å². The van der Waals surface area contributed by atoms with E-state index in [2.05, 4.69) is 21.1 Å². The smallest absolute Gasteiger partial charge is 0.171 e. The van der Waals surface area contributed by atoms with E-state index >= 15 is 0 Å². The number of pyridine rings is 1. The first-order valence-electron chi connectivity index (χ1n) is 7.31. The standard InChI is InChI=1S/C17H15BrF2N2O2/c1-23-7-8-24-15-5-4-14(19)13(16(15)20)9-11-10-22(18)17-12(11)3-2-6-21-17/h2-6,10H,7-9H2,1H3. The lowest BCUT2D eigenvalue weighted by molar-refractivity contribution is 0.143. The Morgan fingerprint density at radius 2 is 2.04 bits per heavy atom. The maximum absolute atomic E-state index is 14.6. The average Bonchev–Trinajstić information content (AvgIpc) is 2.90. The predicted molar refractivity (Wildman–Crippen MR) is 90.6 cm³/mol. The zero-order valence-electron chi connectivity index (χ0n) is 12.9. The van der Waals surface area contributed by atoms with Crippen molar-refractivity contribution in [1.82, 2.24) is 8.58 Å². The molecule has 126 valence electrons. The summed E-state index contributed by atoms with van der Waals surface area (Å²) in [7, 11) is 1.53. The molecule has 0 spiro atoms. The van der Waals surface area contributed by atoms with Crippen LogP contribution in [0.3, 0.4) is 0 Å². The van der Waals surface area contributed by atoms with Crippen molar-refractivity contribution in [3.8, 4) is 5.75 Å². The molecule has 0 bridgehead atoms. The first-order chi connectivity index (χ1) is 11.6. The van der Waals surface area contributed by atoms with Gasteiger partial charge in [0.15, 0.2) is 11.6 Å². The summed E-state index contributed by atoms with van der Waals surface area (Å²) in [5.74, 6) is -1.28. The first kappa shape index (κ1) is 16.9. The minimum Gasteiger partial charge on any atom is -0.488 e. The number of methoxy groups -OCH3 is 1. The third kappa shape index (κ3) is 3.27. The molecule has 2 aromatic heterocycles. The molecular formula is C17H15BrF2N2O2. The summed E-state index contributed by atoms with van der Waals surface area (Å²) in [5.41, 5.74) is 1.43. The van der Waals surface area contributed by atoms with Crippen LogP contribution in [-0.4, -0.2) is 28.9 Å². The van der Waals surface area contributed by atoms with Gasteiger partial charge in [0.25, 0.3) is 0 Å². The van der Waals surface area contributed by atoms with Crippen molar-refractivity contribution in [2.75, 3.05) is 20.3 Å². The van der Waals surface area contributed by atoms with Crippen molar-refractivity contribution in [3.63, 3.8) is 0 Å². The fourth-order valence-corrected chi connectivity index (χ4v) is 3.03. The molecule has 0 saturated heterocycles. The van der Waals surface area contributed by atoms with Crippen molar-refractivity contribution >= 4 is 27.2 Å². The fraction of sp³-hybridized carbons (Fsp3) is 0.235. The Kier molecular flexibility index (Phi) is 5.11. The Balaban J connectivity index is 1.95. The molecule has 7 heteroatoms. The third-order valence-corrected chi connectivity index (χ3v) is 4.21. The van der Waals surface area contributed by atoms with Gasteiger partial charge >= 0.3 is 0 Å². The van der Waals surface area contributed by atoms with E-state index in [-0.39, 0.29) is 24.3 Å². The molecular weight excluding hydrogens is 382 g/mol. The summed E-state index contributed by atoms with van der Waals surface area (Å²) in [6.07, 6.45) is 3.52. The van der Waals surface area contributed by atoms with Gasteiger partial charge in [0, 0.05) is 36.9 Å². The summed E-state index contributed by atoms with van der Waals surface area (Å²) in [6, 6.07) is 6.16. The highest BCUT2D eigenvalue weighted by atomic mass is 79.9. The minimum absolute atomic E-state index is 0.0177. The lowest BCUT2D eigenvalue weighted by Gasteiger charge is -2.11. The Bertz CT molecular complexity index is 867. The van der Waals surface area contributed by atoms with Gasteiger partial charge < -0.3 is 9.47 Å². The minimum atomic E-state index is -0.689. The van der Waals surface area contributed by atoms with Gasteiger partial charge in [0.2, 0.25) is 0 Å². The second kappa shape index (κ2) is 7.27. The normalized spacial score (nSPS) is 11.2. The molecule has 0 fully saturated rings. The number of benzene rings is 1. The Morgan fingerprint density at radius 3 is 2.83 bits per heavy atom. The van der Waals surface area contributed by atoms with E-state index in [1.54, 1.807) is 22.1 Å². The highest BCUT2D eigenvalue weighted by Crippen LogP contribution is 2.29. The molecule has 0 radical (unpaired) electrons. The van der Waals surface area contributed by atoms with Crippen LogP contribution in [0.4, 0.5) is 8.78 Å². The van der Waals surface area contributed by atoms with E-state index in [0.717, 1.165) is 10.9 Å². The van der Waals surface area contributed by atoms with E-state index in [4.69, 9.17) is 9.47 Å². The van der Waals surface area contributed by atoms with Crippen LogP contribution in [0.2, 0.25) is 0 Å². The fourth-order valence-electron chi connectivity index (χ4n) is 2.50. The molecule has 3 aromatic rings. The summed E-state index contributed by atoms with van der Waals surface area (Å²) in [5, 5.41) is 0.832. The van der Waals surface area contributed by atoms with E-state index in [0.29, 0.717) is 12.3 Å². The van der Waals surface area contributed by atoms with E-state index in [9.17, 15) is 8.78 Å². The molecule has 0 N–H and O–H groups in total. The highest BCUT2D eigenvalue weighted by molar-refractivity contribution is 9.08. The van der Waals surface area contributed by atoms with Gasteiger partial charge in [-0.1, -0.05) is 0 Å². The lowest BCUT2D eigenvalue weighted by atomic mass is 10.0. The van der Waals surface area contributed by atoms with Crippen LogP contribution in [0, 0.1) is 11.6 Å². The van der Waals surface area contributed by atoms with Crippen LogP contribution in [0.5, 0.6) is 5.75 Å². The van der Waals surface area contributed by atoms with Gasteiger partial charge in [-0.15, -0.1) is 0 Å². The Labute approximate surface area is 146 Å². The van der Waals surface area contributed by atoms with Gasteiger partial charge in [0.1, 0.15) is 18.1 Å². The SMILES string of the molecule is COCCOc1ccc(F)c(Cc2cn(Br)c3ncccc23)c1F. The summed E-state index contributed by atoms with van der Waals surface area (Å²) >= 11 is 3.35. The zero-order chi connectivity index (χ0) is 17.1. The summed E-state index contributed by atoms with van der Waals surface area (Å²) in [4.78, 5) is 4.25. The number of hydrogen-bond acceptors (Lipinski definition) is 3. The number of nitrogens with zero attached hydrogens (tertiary/aromatic N) is 2. The van der Waals surface area contributed by atoms with Gasteiger partial charge in [-0.05, 0) is 29.8 Å². The maximum atomic E-state index is 14.6. The number of ether oxygens (including phenoxy) is 2. The van der Waals surface area contributed by atoms with Crippen LogP contribution in [0.25, 0.3) is 11.0 Å². The first-order valence-corrected chi connectivity index (χ1v) is 8.02. The van der Waals surface area contributed by atoms with Crippen molar-refractivity contribution in [3.05, 3.63) is 59.4 Å². The molecule has 0 saturated carbocycles. The van der Waals surface area contributed by atoms with Gasteiger partial charge in [-0.2, -0.15) is 0 Å². The molecule has 0 aliphatic carbocycles. The molecule has 0 aliphatic heterocycles. The number of fused-ring (bicyclic) bond motifs is 1. The quantitative estimate of drug-likeness (QED) is 0.588. The topological polar surface area (TPSA) is 36.3 Å². The molecule has 24 heavy (non-hydrogen) atoms. The van der Waals surface area contributed by atoms with Crippen LogP contribution in [-0.2, 0) is 11.2 Å². The number of halogens is 3. The Hall–Kier alpha value is -1.99. The highest BCUT2D eigenvalue weighted by Gasteiger charge is 2.18. The van der Waals surface area contributed by atoms with E-state index in [1.807, 2.05) is 6.07 Å². The second-order valence-corrected chi connectivity index (χ2v) is 5.96. The average molecular weight is 397 g/mol. The number of hydrogen-bond donors (Lipinski definition) is 0. The monoisotopic (exact) mass is 396 g/mol. The summed E-state index contributed by atoms with van der Waals surface area (Å²) in [6.45, 7) is 0.526. The molecule has 4 nitrogen and oxygen atoms in total. The largest absolute Gasteiger partial charge is 0.488 e.